The normalized spacial score (nSPS) is 11.4. The van der Waals surface area contributed by atoms with Crippen molar-refractivity contribution in [2.45, 2.75) is 13.3 Å². The van der Waals surface area contributed by atoms with Gasteiger partial charge in [-0.1, -0.05) is 19.1 Å². The van der Waals surface area contributed by atoms with Crippen LogP contribution in [0.15, 0.2) is 30.5 Å². The van der Waals surface area contributed by atoms with Gasteiger partial charge in [-0.3, -0.25) is 4.79 Å². The maximum atomic E-state index is 11.8. The van der Waals surface area contributed by atoms with E-state index < -0.39 is 0 Å². The summed E-state index contributed by atoms with van der Waals surface area (Å²) in [5, 5.41) is 0. The lowest BCUT2D eigenvalue weighted by Crippen LogP contribution is -2.08. The molecule has 0 atom stereocenters. The second-order valence-electron chi connectivity index (χ2n) is 3.79. The molecule has 0 radical (unpaired) electrons. The van der Waals surface area contributed by atoms with Crippen LogP contribution >= 0.6 is 22.6 Å². The summed E-state index contributed by atoms with van der Waals surface area (Å²) in [5.41, 5.74) is 1.77. The Morgan fingerprint density at radius 3 is 2.31 bits per heavy atom. The summed E-state index contributed by atoms with van der Waals surface area (Å²) in [6.07, 6.45) is 2.42. The minimum atomic E-state index is 0.176. The number of halogens is 1. The van der Waals surface area contributed by atoms with Crippen LogP contribution in [-0.4, -0.2) is 24.8 Å². The van der Waals surface area contributed by atoms with Gasteiger partial charge in [0.15, 0.2) is 5.78 Å². The third-order valence-electron chi connectivity index (χ3n) is 2.16. The molecule has 2 nitrogen and oxygen atoms in total. The predicted octanol–water partition coefficient (Wildman–Crippen LogP) is 3.17. The van der Waals surface area contributed by atoms with Gasteiger partial charge < -0.3 is 4.90 Å². The van der Waals surface area contributed by atoms with Gasteiger partial charge in [0.25, 0.3) is 0 Å². The van der Waals surface area contributed by atoms with Crippen molar-refractivity contribution in [1.29, 1.82) is 0 Å². The first kappa shape index (κ1) is 13.2. The Morgan fingerprint density at radius 2 is 1.88 bits per heavy atom. The number of allylic oxidation sites excluding steroid dienone is 1. The molecule has 0 N–H and O–H groups in total. The minimum absolute atomic E-state index is 0.176. The number of benzene rings is 1. The maximum absolute atomic E-state index is 11.8. The Hall–Kier alpha value is -0.840. The number of rotatable bonds is 4. The molecular formula is C13H16INO. The van der Waals surface area contributed by atoms with E-state index in [0.717, 1.165) is 11.1 Å². The van der Waals surface area contributed by atoms with Crippen molar-refractivity contribution in [2.75, 3.05) is 14.1 Å². The van der Waals surface area contributed by atoms with Crippen LogP contribution in [0.1, 0.15) is 18.9 Å². The summed E-state index contributed by atoms with van der Waals surface area (Å²) in [6.45, 7) is 1.89. The fraction of sp³-hybridized carbons (Fsp3) is 0.308. The van der Waals surface area contributed by atoms with Crippen molar-refractivity contribution in [3.8, 4) is 0 Å². The van der Waals surface area contributed by atoms with E-state index in [2.05, 4.69) is 22.6 Å². The summed E-state index contributed by atoms with van der Waals surface area (Å²) in [4.78, 5) is 13.7. The van der Waals surface area contributed by atoms with Gasteiger partial charge in [0, 0.05) is 35.9 Å². The van der Waals surface area contributed by atoms with Gasteiger partial charge in [0.2, 0.25) is 0 Å². The molecule has 0 spiro atoms. The molecule has 1 aromatic carbocycles. The molecule has 0 saturated carbocycles. The van der Waals surface area contributed by atoms with Crippen molar-refractivity contribution >= 4 is 33.9 Å². The Morgan fingerprint density at radius 1 is 1.31 bits per heavy atom. The van der Waals surface area contributed by atoms with Crippen LogP contribution < -0.4 is 0 Å². The summed E-state index contributed by atoms with van der Waals surface area (Å²) in [5.74, 6) is 0.176. The zero-order chi connectivity index (χ0) is 12.1. The van der Waals surface area contributed by atoms with Gasteiger partial charge in [0.05, 0.1) is 0 Å². The van der Waals surface area contributed by atoms with E-state index in [0.29, 0.717) is 6.42 Å². The molecule has 0 fully saturated rings. The smallest absolute Gasteiger partial charge is 0.164 e. The lowest BCUT2D eigenvalue weighted by molar-refractivity contribution is -0.113. The fourth-order valence-electron chi connectivity index (χ4n) is 1.39. The van der Waals surface area contributed by atoms with E-state index >= 15 is 0 Å². The van der Waals surface area contributed by atoms with E-state index in [4.69, 9.17) is 0 Å². The highest BCUT2D eigenvalue weighted by atomic mass is 127. The number of hydrogen-bond donors (Lipinski definition) is 0. The van der Waals surface area contributed by atoms with Crippen LogP contribution in [0, 0.1) is 3.57 Å². The fourth-order valence-corrected chi connectivity index (χ4v) is 1.75. The molecule has 0 aromatic heterocycles. The Labute approximate surface area is 110 Å². The van der Waals surface area contributed by atoms with E-state index in [1.165, 1.54) is 3.57 Å². The molecule has 0 aliphatic rings. The van der Waals surface area contributed by atoms with Crippen LogP contribution in [0.25, 0.3) is 5.57 Å². The number of ketones is 1. The van der Waals surface area contributed by atoms with E-state index in [1.807, 2.05) is 56.4 Å². The second kappa shape index (κ2) is 6.03. The zero-order valence-electron chi connectivity index (χ0n) is 9.83. The molecule has 0 aliphatic heterocycles. The van der Waals surface area contributed by atoms with Crippen molar-refractivity contribution in [3.63, 3.8) is 0 Å². The van der Waals surface area contributed by atoms with Crippen LogP contribution in [0.5, 0.6) is 0 Å². The van der Waals surface area contributed by atoms with Crippen LogP contribution in [0.4, 0.5) is 0 Å². The molecule has 86 valence electrons. The second-order valence-corrected chi connectivity index (χ2v) is 5.04. The summed E-state index contributed by atoms with van der Waals surface area (Å²) in [7, 11) is 3.85. The highest BCUT2D eigenvalue weighted by molar-refractivity contribution is 14.1. The highest BCUT2D eigenvalue weighted by Gasteiger charge is 2.10. The van der Waals surface area contributed by atoms with Gasteiger partial charge in [0.1, 0.15) is 0 Å². The summed E-state index contributed by atoms with van der Waals surface area (Å²) >= 11 is 2.26. The molecule has 0 unspecified atom stereocenters. The standard InChI is InChI=1S/C13H16INO/c1-4-13(16)12(9-15(2)3)10-5-7-11(14)8-6-10/h5-9H,4H2,1-3H3. The summed E-state index contributed by atoms with van der Waals surface area (Å²) < 4.78 is 1.18. The van der Waals surface area contributed by atoms with Crippen LogP contribution in [-0.2, 0) is 4.79 Å². The molecule has 0 amide bonds. The first-order chi connectivity index (χ1) is 7.54. The molecule has 16 heavy (non-hydrogen) atoms. The SMILES string of the molecule is CCC(=O)C(=CN(C)C)c1ccc(I)cc1. The van der Waals surface area contributed by atoms with Gasteiger partial charge in [-0.2, -0.15) is 0 Å². The Kier molecular flexibility index (Phi) is 4.99. The topological polar surface area (TPSA) is 20.3 Å². The Balaban J connectivity index is 3.11. The van der Waals surface area contributed by atoms with E-state index in [-0.39, 0.29) is 5.78 Å². The van der Waals surface area contributed by atoms with Gasteiger partial charge in [-0.25, -0.2) is 0 Å². The molecule has 0 heterocycles. The summed E-state index contributed by atoms with van der Waals surface area (Å²) in [6, 6.07) is 8.01. The number of nitrogens with zero attached hydrogens (tertiary/aromatic N) is 1. The van der Waals surface area contributed by atoms with Crippen molar-refractivity contribution in [1.82, 2.24) is 4.90 Å². The number of carbonyl (C=O) groups excluding carboxylic acids is 1. The third kappa shape index (κ3) is 3.63. The Bertz CT molecular complexity index is 393. The molecule has 1 aromatic rings. The molecular weight excluding hydrogens is 313 g/mol. The lowest BCUT2D eigenvalue weighted by Gasteiger charge is -2.11. The molecule has 1 rings (SSSR count). The van der Waals surface area contributed by atoms with Crippen LogP contribution in [0.3, 0.4) is 0 Å². The number of hydrogen-bond acceptors (Lipinski definition) is 2. The lowest BCUT2D eigenvalue weighted by atomic mass is 10.0. The first-order valence-electron chi connectivity index (χ1n) is 5.22. The zero-order valence-corrected chi connectivity index (χ0v) is 12.0. The van der Waals surface area contributed by atoms with Crippen LogP contribution in [0.2, 0.25) is 0 Å². The van der Waals surface area contributed by atoms with Crippen molar-refractivity contribution in [2.24, 2.45) is 0 Å². The van der Waals surface area contributed by atoms with Gasteiger partial charge >= 0.3 is 0 Å². The quantitative estimate of drug-likeness (QED) is 0.625. The highest BCUT2D eigenvalue weighted by Crippen LogP contribution is 2.18. The molecule has 0 saturated heterocycles. The van der Waals surface area contributed by atoms with Crippen molar-refractivity contribution < 1.29 is 4.79 Å². The van der Waals surface area contributed by atoms with E-state index in [1.54, 1.807) is 0 Å². The number of carbonyl (C=O) groups is 1. The number of Topliss-reactive ketones (excluding diaryl/α,β-unsaturated/α-hetero) is 1. The maximum Gasteiger partial charge on any atom is 0.164 e. The molecule has 0 bridgehead atoms. The van der Waals surface area contributed by atoms with E-state index in [9.17, 15) is 4.79 Å². The monoisotopic (exact) mass is 329 g/mol. The third-order valence-corrected chi connectivity index (χ3v) is 2.88. The average molecular weight is 329 g/mol. The first-order valence-corrected chi connectivity index (χ1v) is 6.30. The van der Waals surface area contributed by atoms with Gasteiger partial charge in [-0.15, -0.1) is 0 Å². The minimum Gasteiger partial charge on any atom is -0.383 e. The molecule has 3 heteroatoms. The van der Waals surface area contributed by atoms with Crippen molar-refractivity contribution in [3.05, 3.63) is 39.6 Å². The predicted molar refractivity (Wildman–Crippen MR) is 76.1 cm³/mol. The average Bonchev–Trinajstić information content (AvgIpc) is 2.26. The van der Waals surface area contributed by atoms with Gasteiger partial charge in [-0.05, 0) is 40.3 Å². The largest absolute Gasteiger partial charge is 0.383 e. The molecule has 0 aliphatic carbocycles.